The van der Waals surface area contributed by atoms with Crippen molar-refractivity contribution in [2.45, 2.75) is 20.9 Å². The van der Waals surface area contributed by atoms with E-state index in [4.69, 9.17) is 0 Å². The molecule has 0 unspecified atom stereocenters. The molecule has 6 N–H and O–H groups in total. The minimum absolute atomic E-state index is 0.0367. The van der Waals surface area contributed by atoms with E-state index in [2.05, 4.69) is 44.1 Å². The van der Waals surface area contributed by atoms with Crippen molar-refractivity contribution in [1.82, 2.24) is 44.1 Å². The van der Waals surface area contributed by atoms with E-state index in [0.29, 0.717) is 96.1 Å². The number of hydrogen-bond donors (Lipinski definition) is 6. The Kier molecular flexibility index (Phi) is 19.7. The Hall–Kier alpha value is -10.4. The molecule has 9 aromatic carbocycles. The number of rotatable bonds is 15. The predicted octanol–water partition coefficient (Wildman–Crippen LogP) is 14.9. The van der Waals surface area contributed by atoms with Gasteiger partial charge in [0.1, 0.15) is 29.1 Å². The van der Waals surface area contributed by atoms with Crippen LogP contribution in [0, 0.1) is 40.7 Å². The molecule has 0 aliphatic heterocycles. The van der Waals surface area contributed by atoms with Crippen molar-refractivity contribution in [1.29, 1.82) is 0 Å². The minimum Gasteiger partial charge on any atom is -0.338 e. The second kappa shape index (κ2) is 27.7. The van der Waals surface area contributed by atoms with Crippen LogP contribution in [0.1, 0.15) is 39.7 Å². The molecular weight excluding hydrogens is 1310 g/mol. The van der Waals surface area contributed by atoms with Gasteiger partial charge in [0.15, 0.2) is 29.1 Å². The molecule has 0 amide bonds. The normalized spacial score (nSPS) is 12.3. The number of aromatic amines is 3. The second-order valence-corrected chi connectivity index (χ2v) is 26.1. The zero-order valence-electron chi connectivity index (χ0n) is 49.4. The maximum Gasteiger partial charge on any atom is 0.416 e. The van der Waals surface area contributed by atoms with Gasteiger partial charge in [0.2, 0.25) is 30.1 Å². The predicted molar refractivity (Wildman–Crippen MR) is 344 cm³/mol. The summed E-state index contributed by atoms with van der Waals surface area (Å²) in [6.07, 6.45) is 3.55. The summed E-state index contributed by atoms with van der Waals surface area (Å²) >= 11 is 0. The lowest BCUT2D eigenvalue weighted by molar-refractivity contribution is -0.137. The Labute approximate surface area is 535 Å². The van der Waals surface area contributed by atoms with Crippen LogP contribution in [0.3, 0.4) is 0 Å². The standard InChI is InChI=1S/C23H17F4N3O2S.2C22H16F3N3O2S/c1-28-33(31,32)21-5-3-2-4-18(21)15-7-8-19-20(12-15)30-22(29-19)9-6-14-10-16(23(25,26)27)13-17(24)11-14;1-26-31(29,30)19-5-3-2-4-15(19)14-7-10-17-18(12-14)28-20(27-17)11-8-13-6-9-16(23)22(25)21(13)24;1-26-31(29,30)21-5-3-2-4-15(21)13-6-8-19-20(11-13)28-22(27-19)9-7-14-10-17(24)18(25)12-16(14)23/h2-13,28H,1H3,(H,29,30);2*2-12,26H,1H3,(H,27,28)/b9-6+;11-8+;9-7+. The molecule has 0 saturated carbocycles. The van der Waals surface area contributed by atoms with Crippen LogP contribution >= 0.6 is 0 Å². The zero-order valence-corrected chi connectivity index (χ0v) is 51.9. The largest absolute Gasteiger partial charge is 0.416 e. The summed E-state index contributed by atoms with van der Waals surface area (Å²) < 4.78 is 214. The first kappa shape index (κ1) is 67.5. The third-order valence-electron chi connectivity index (χ3n) is 14.4. The van der Waals surface area contributed by atoms with Gasteiger partial charge in [0.25, 0.3) is 0 Å². The number of benzene rings is 9. The van der Waals surface area contributed by atoms with Crippen molar-refractivity contribution < 1.29 is 69.2 Å². The van der Waals surface area contributed by atoms with Crippen LogP contribution in [0.4, 0.5) is 43.9 Å². The lowest BCUT2D eigenvalue weighted by Gasteiger charge is -2.09. The summed E-state index contributed by atoms with van der Waals surface area (Å²) in [5.41, 5.74) is 5.84. The molecule has 3 aromatic heterocycles. The van der Waals surface area contributed by atoms with E-state index in [1.165, 1.54) is 75.8 Å². The molecule has 0 aliphatic carbocycles. The maximum absolute atomic E-state index is 13.8. The Bertz CT molecular complexity index is 5220. The van der Waals surface area contributed by atoms with Gasteiger partial charge >= 0.3 is 6.18 Å². The van der Waals surface area contributed by atoms with Gasteiger partial charge in [-0.2, -0.15) is 13.2 Å². The molecule has 0 saturated heterocycles. The second-order valence-electron chi connectivity index (χ2n) is 20.5. The van der Waals surface area contributed by atoms with E-state index < -0.39 is 82.5 Å². The van der Waals surface area contributed by atoms with Crippen LogP contribution in [0.15, 0.2) is 185 Å². The molecule has 0 aliphatic rings. The Morgan fingerprint density at radius 2 is 0.768 bits per heavy atom. The fourth-order valence-electron chi connectivity index (χ4n) is 9.70. The van der Waals surface area contributed by atoms with Crippen LogP contribution in [0.5, 0.6) is 0 Å². The number of hydrogen-bond acceptors (Lipinski definition) is 9. The Balaban J connectivity index is 0.000000155. The number of halogens is 10. The van der Waals surface area contributed by atoms with Crippen LogP contribution in [0.25, 0.3) is 103 Å². The number of fused-ring (bicyclic) bond motifs is 3. The van der Waals surface area contributed by atoms with Crippen LogP contribution in [-0.4, -0.2) is 76.3 Å². The lowest BCUT2D eigenvalue weighted by Crippen LogP contribution is -2.19. The molecule has 0 bridgehead atoms. The molecule has 3 heterocycles. The third-order valence-corrected chi connectivity index (χ3v) is 18.8. The lowest BCUT2D eigenvalue weighted by atomic mass is 10.1. The molecule has 12 rings (SSSR count). The van der Waals surface area contributed by atoms with Gasteiger partial charge in [-0.1, -0.05) is 78.9 Å². The topological polar surface area (TPSA) is 225 Å². The average Bonchev–Trinajstić information content (AvgIpc) is 1.79. The Morgan fingerprint density at radius 3 is 1.18 bits per heavy atom. The van der Waals surface area contributed by atoms with Crippen LogP contribution in [-0.2, 0) is 36.2 Å². The van der Waals surface area contributed by atoms with Gasteiger partial charge in [-0.05, 0) is 165 Å². The summed E-state index contributed by atoms with van der Waals surface area (Å²) in [6.45, 7) is 0. The summed E-state index contributed by atoms with van der Waals surface area (Å²) in [5.74, 6) is -7.28. The molecule has 15 nitrogen and oxygen atoms in total. The third kappa shape index (κ3) is 15.3. The molecule has 0 atom stereocenters. The molecular formula is C67H49F10N9O6S3. The first-order chi connectivity index (χ1) is 45.1. The fraction of sp³-hybridized carbons (Fsp3) is 0.0597. The van der Waals surface area contributed by atoms with Crippen LogP contribution in [0.2, 0.25) is 0 Å². The first-order valence-electron chi connectivity index (χ1n) is 27.9. The van der Waals surface area contributed by atoms with Crippen molar-refractivity contribution in [3.05, 3.63) is 250 Å². The van der Waals surface area contributed by atoms with Crippen molar-refractivity contribution in [2.75, 3.05) is 21.1 Å². The van der Waals surface area contributed by atoms with Crippen molar-refractivity contribution >= 4 is 99.6 Å². The minimum atomic E-state index is -4.66. The molecule has 95 heavy (non-hydrogen) atoms. The van der Waals surface area contributed by atoms with Crippen molar-refractivity contribution in [2.24, 2.45) is 0 Å². The van der Waals surface area contributed by atoms with Gasteiger partial charge in [0.05, 0.1) is 53.4 Å². The van der Waals surface area contributed by atoms with E-state index in [0.717, 1.165) is 30.3 Å². The van der Waals surface area contributed by atoms with Gasteiger partial charge in [-0.15, -0.1) is 0 Å². The summed E-state index contributed by atoms with van der Waals surface area (Å²) in [7, 11) is -6.97. The van der Waals surface area contributed by atoms with E-state index in [-0.39, 0.29) is 31.4 Å². The van der Waals surface area contributed by atoms with Gasteiger partial charge in [-0.25, -0.2) is 85.1 Å². The highest BCUT2D eigenvalue weighted by atomic mass is 32.2. The van der Waals surface area contributed by atoms with Crippen LogP contribution < -0.4 is 14.2 Å². The molecule has 486 valence electrons. The van der Waals surface area contributed by atoms with E-state index in [1.807, 2.05) is 0 Å². The smallest absolute Gasteiger partial charge is 0.338 e. The molecule has 12 aromatic rings. The highest BCUT2D eigenvalue weighted by Gasteiger charge is 2.31. The maximum atomic E-state index is 13.8. The SMILES string of the molecule is CNS(=O)(=O)c1ccccc1-c1ccc2nc(/C=C/c3cc(F)c(F)cc3F)[nH]c2c1.CNS(=O)(=O)c1ccccc1-c1ccc2nc(/C=C/c3cc(F)cc(C(F)(F)F)c3)[nH]c2c1.CNS(=O)(=O)c1ccccc1-c1ccc2nc(/C=C/c3ccc(F)c(F)c3F)[nH]c2c1. The zero-order chi connectivity index (χ0) is 68.1. The number of imidazole rings is 3. The van der Waals surface area contributed by atoms with Gasteiger partial charge < -0.3 is 15.0 Å². The van der Waals surface area contributed by atoms with Crippen molar-refractivity contribution in [3.8, 4) is 33.4 Å². The molecule has 0 radical (unpaired) electrons. The Morgan fingerprint density at radius 1 is 0.379 bits per heavy atom. The summed E-state index contributed by atoms with van der Waals surface area (Å²) in [5, 5.41) is 0. The van der Waals surface area contributed by atoms with E-state index >= 15 is 0 Å². The van der Waals surface area contributed by atoms with Gasteiger partial charge in [0, 0.05) is 33.9 Å². The number of nitrogens with zero attached hydrogens (tertiary/aromatic N) is 3. The number of alkyl halides is 3. The molecule has 28 heteroatoms. The van der Waals surface area contributed by atoms with E-state index in [1.54, 1.807) is 109 Å². The summed E-state index contributed by atoms with van der Waals surface area (Å²) in [4.78, 5) is 22.6. The monoisotopic (exact) mass is 1360 g/mol. The number of nitrogens with one attached hydrogen (secondary N) is 6. The molecule has 0 fully saturated rings. The number of sulfonamides is 3. The highest BCUT2D eigenvalue weighted by Crippen LogP contribution is 2.35. The quantitative estimate of drug-likeness (QED) is 0.0326. The average molecular weight is 1360 g/mol. The van der Waals surface area contributed by atoms with Gasteiger partial charge in [-0.3, -0.25) is 0 Å². The van der Waals surface area contributed by atoms with Crippen molar-refractivity contribution in [3.63, 3.8) is 0 Å². The first-order valence-corrected chi connectivity index (χ1v) is 32.4. The molecule has 0 spiro atoms. The fourth-order valence-corrected chi connectivity index (χ4v) is 12.6. The number of H-pyrrole nitrogens is 3. The highest BCUT2D eigenvalue weighted by molar-refractivity contribution is 7.90. The number of aromatic nitrogens is 6. The summed E-state index contributed by atoms with van der Waals surface area (Å²) in [6, 6.07) is 40.8. The van der Waals surface area contributed by atoms with E-state index in [9.17, 15) is 69.2 Å².